The molecule has 0 aliphatic rings. The van der Waals surface area contributed by atoms with Crippen molar-refractivity contribution in [3.63, 3.8) is 0 Å². The van der Waals surface area contributed by atoms with Crippen molar-refractivity contribution in [2.75, 3.05) is 0 Å². The first-order valence-electron chi connectivity index (χ1n) is 6.17. The Labute approximate surface area is 120 Å². The number of aliphatic hydroxyl groups is 1. The summed E-state index contributed by atoms with van der Waals surface area (Å²) in [5, 5.41) is 12.8. The number of benzene rings is 3. The maximum absolute atomic E-state index is 10.5. The Bertz CT molecular complexity index is 721. The largest absolute Gasteiger partial charge is 0.384 e. The third kappa shape index (κ3) is 2.42. The van der Waals surface area contributed by atoms with Gasteiger partial charge in [0, 0.05) is 4.47 Å². The Morgan fingerprint density at radius 1 is 0.789 bits per heavy atom. The molecule has 2 heteroatoms. The number of halogens is 1. The van der Waals surface area contributed by atoms with Crippen molar-refractivity contribution in [3.8, 4) is 0 Å². The van der Waals surface area contributed by atoms with E-state index in [4.69, 9.17) is 0 Å². The van der Waals surface area contributed by atoms with Crippen molar-refractivity contribution in [2.24, 2.45) is 0 Å². The molecule has 0 fully saturated rings. The van der Waals surface area contributed by atoms with Gasteiger partial charge in [0.1, 0.15) is 6.10 Å². The van der Waals surface area contributed by atoms with Crippen LogP contribution in [0.4, 0.5) is 0 Å². The van der Waals surface area contributed by atoms with Gasteiger partial charge < -0.3 is 5.11 Å². The van der Waals surface area contributed by atoms with E-state index in [-0.39, 0.29) is 0 Å². The summed E-state index contributed by atoms with van der Waals surface area (Å²) in [6.07, 6.45) is -0.611. The molecule has 0 radical (unpaired) electrons. The average Bonchev–Trinajstić information content (AvgIpc) is 2.46. The predicted octanol–water partition coefficient (Wildman–Crippen LogP) is 4.68. The normalized spacial score (nSPS) is 12.5. The lowest BCUT2D eigenvalue weighted by Crippen LogP contribution is -2.00. The van der Waals surface area contributed by atoms with E-state index < -0.39 is 6.10 Å². The Kier molecular flexibility index (Phi) is 3.36. The van der Waals surface area contributed by atoms with E-state index in [0.29, 0.717) is 0 Å². The van der Waals surface area contributed by atoms with Crippen LogP contribution in [0.5, 0.6) is 0 Å². The van der Waals surface area contributed by atoms with Gasteiger partial charge in [0.05, 0.1) is 0 Å². The summed E-state index contributed by atoms with van der Waals surface area (Å²) in [6, 6.07) is 22.0. The molecule has 0 aliphatic heterocycles. The maximum atomic E-state index is 10.5. The van der Waals surface area contributed by atoms with Crippen LogP contribution in [0.1, 0.15) is 17.2 Å². The van der Waals surface area contributed by atoms with Gasteiger partial charge in [-0.3, -0.25) is 0 Å². The molecule has 3 aromatic rings. The van der Waals surface area contributed by atoms with Crippen molar-refractivity contribution >= 4 is 26.7 Å². The van der Waals surface area contributed by atoms with Gasteiger partial charge >= 0.3 is 0 Å². The quantitative estimate of drug-likeness (QED) is 0.728. The Hall–Kier alpha value is -1.64. The number of aliphatic hydroxyl groups excluding tert-OH is 1. The minimum absolute atomic E-state index is 0.611. The topological polar surface area (TPSA) is 20.2 Å². The third-order valence-corrected chi connectivity index (χ3v) is 4.01. The number of hydrogen-bond acceptors (Lipinski definition) is 1. The number of rotatable bonds is 2. The van der Waals surface area contributed by atoms with Gasteiger partial charge in [-0.15, -0.1) is 0 Å². The lowest BCUT2D eigenvalue weighted by atomic mass is 9.99. The fraction of sp³-hybridized carbons (Fsp3) is 0.0588. The molecule has 1 unspecified atom stereocenters. The summed E-state index contributed by atoms with van der Waals surface area (Å²) in [4.78, 5) is 0. The minimum Gasteiger partial charge on any atom is -0.384 e. The minimum atomic E-state index is -0.611. The van der Waals surface area contributed by atoms with Crippen molar-refractivity contribution < 1.29 is 5.11 Å². The lowest BCUT2D eigenvalue weighted by Gasteiger charge is -2.14. The Balaban J connectivity index is 2.07. The standard InChI is InChI=1S/C17H13BrO/c18-16-8-4-3-7-15(16)17(19)14-10-9-12-5-1-2-6-13(12)11-14/h1-11,17,19H. The van der Waals surface area contributed by atoms with Crippen LogP contribution in [0.15, 0.2) is 71.2 Å². The zero-order valence-electron chi connectivity index (χ0n) is 10.3. The van der Waals surface area contributed by atoms with Crippen LogP contribution in [0, 0.1) is 0 Å². The van der Waals surface area contributed by atoms with Crippen molar-refractivity contribution in [3.05, 3.63) is 82.3 Å². The summed E-state index contributed by atoms with van der Waals surface area (Å²) >= 11 is 3.48. The van der Waals surface area contributed by atoms with Gasteiger partial charge in [0.2, 0.25) is 0 Å². The highest BCUT2D eigenvalue weighted by Gasteiger charge is 2.13. The molecule has 1 N–H and O–H groups in total. The molecule has 0 spiro atoms. The molecule has 0 heterocycles. The maximum Gasteiger partial charge on any atom is 0.105 e. The smallest absolute Gasteiger partial charge is 0.105 e. The van der Waals surface area contributed by atoms with Crippen LogP contribution in [0.3, 0.4) is 0 Å². The highest BCUT2D eigenvalue weighted by atomic mass is 79.9. The van der Waals surface area contributed by atoms with Crippen LogP contribution < -0.4 is 0 Å². The zero-order valence-corrected chi connectivity index (χ0v) is 11.8. The first-order chi connectivity index (χ1) is 9.25. The van der Waals surface area contributed by atoms with Crippen LogP contribution in [0.2, 0.25) is 0 Å². The van der Waals surface area contributed by atoms with Crippen molar-refractivity contribution in [2.45, 2.75) is 6.10 Å². The fourth-order valence-corrected chi connectivity index (χ4v) is 2.76. The van der Waals surface area contributed by atoms with E-state index in [2.05, 4.69) is 28.1 Å². The summed E-state index contributed by atoms with van der Waals surface area (Å²) < 4.78 is 0.927. The van der Waals surface area contributed by atoms with E-state index in [1.807, 2.05) is 54.6 Å². The summed E-state index contributed by atoms with van der Waals surface area (Å²) in [6.45, 7) is 0. The van der Waals surface area contributed by atoms with Gasteiger partial charge in [0.25, 0.3) is 0 Å². The molecule has 0 aliphatic carbocycles. The molecule has 0 aromatic heterocycles. The number of hydrogen-bond donors (Lipinski definition) is 1. The highest BCUT2D eigenvalue weighted by molar-refractivity contribution is 9.10. The van der Waals surface area contributed by atoms with Crippen molar-refractivity contribution in [1.29, 1.82) is 0 Å². The molecule has 0 amide bonds. The van der Waals surface area contributed by atoms with E-state index in [9.17, 15) is 5.11 Å². The van der Waals surface area contributed by atoms with E-state index >= 15 is 0 Å². The molecular weight excluding hydrogens is 300 g/mol. The zero-order chi connectivity index (χ0) is 13.2. The second-order valence-corrected chi connectivity index (χ2v) is 5.38. The van der Waals surface area contributed by atoms with Crippen molar-refractivity contribution in [1.82, 2.24) is 0 Å². The second kappa shape index (κ2) is 5.16. The third-order valence-electron chi connectivity index (χ3n) is 3.29. The van der Waals surface area contributed by atoms with Gasteiger partial charge in [-0.1, -0.05) is 70.5 Å². The molecule has 3 rings (SSSR count). The molecular formula is C17H13BrO. The molecule has 1 atom stereocenters. The van der Waals surface area contributed by atoms with Gasteiger partial charge in [-0.2, -0.15) is 0 Å². The van der Waals surface area contributed by atoms with E-state index in [1.165, 1.54) is 5.39 Å². The van der Waals surface area contributed by atoms with Crippen LogP contribution in [-0.4, -0.2) is 5.11 Å². The highest BCUT2D eigenvalue weighted by Crippen LogP contribution is 2.29. The fourth-order valence-electron chi connectivity index (χ4n) is 2.25. The average molecular weight is 313 g/mol. The van der Waals surface area contributed by atoms with E-state index in [0.717, 1.165) is 21.0 Å². The van der Waals surface area contributed by atoms with Crippen LogP contribution in [0.25, 0.3) is 10.8 Å². The second-order valence-electron chi connectivity index (χ2n) is 4.53. The monoisotopic (exact) mass is 312 g/mol. The first kappa shape index (κ1) is 12.4. The van der Waals surface area contributed by atoms with E-state index in [1.54, 1.807) is 0 Å². The first-order valence-corrected chi connectivity index (χ1v) is 6.96. The summed E-state index contributed by atoms with van der Waals surface area (Å²) in [5.41, 5.74) is 1.79. The molecule has 0 saturated heterocycles. The van der Waals surface area contributed by atoms with Gasteiger partial charge in [-0.05, 0) is 34.0 Å². The number of fused-ring (bicyclic) bond motifs is 1. The molecule has 0 saturated carbocycles. The molecule has 1 nitrogen and oxygen atoms in total. The SMILES string of the molecule is OC(c1ccc2ccccc2c1)c1ccccc1Br. The van der Waals surface area contributed by atoms with Gasteiger partial charge in [-0.25, -0.2) is 0 Å². The summed E-state index contributed by atoms with van der Waals surface area (Å²) in [5.74, 6) is 0. The van der Waals surface area contributed by atoms with Crippen LogP contribution >= 0.6 is 15.9 Å². The van der Waals surface area contributed by atoms with Gasteiger partial charge in [0.15, 0.2) is 0 Å². The molecule has 0 bridgehead atoms. The lowest BCUT2D eigenvalue weighted by molar-refractivity contribution is 0.219. The molecule has 94 valence electrons. The van der Waals surface area contributed by atoms with Crippen LogP contribution in [-0.2, 0) is 0 Å². The predicted molar refractivity (Wildman–Crippen MR) is 82.2 cm³/mol. The molecule has 19 heavy (non-hydrogen) atoms. The Morgan fingerprint density at radius 2 is 1.47 bits per heavy atom. The molecule has 3 aromatic carbocycles. The summed E-state index contributed by atoms with van der Waals surface area (Å²) in [7, 11) is 0. The Morgan fingerprint density at radius 3 is 2.26 bits per heavy atom.